The standard InChI is InChI=1S/C16H18N4O3/c21-15(22)14(8-13-9-17-11-19-13)20(7-6-18-16(20)23)10-12-4-2-1-3-5-12/h1-5,9,11,14H,6-8,10H2,(H2-,17,18,19,21,22,23)/t14-,20?/m0/s1. The summed E-state index contributed by atoms with van der Waals surface area (Å²) in [6.07, 6.45) is 3.28. The van der Waals surface area contributed by atoms with E-state index in [1.54, 1.807) is 6.20 Å². The Morgan fingerprint density at radius 1 is 1.35 bits per heavy atom. The molecule has 1 aliphatic heterocycles. The molecule has 1 aliphatic rings. The first kappa shape index (κ1) is 15.2. The number of imidazole rings is 1. The molecule has 23 heavy (non-hydrogen) atoms. The van der Waals surface area contributed by atoms with Gasteiger partial charge in [-0.15, -0.1) is 0 Å². The predicted octanol–water partition coefficient (Wildman–Crippen LogP) is -0.189. The number of quaternary nitrogens is 1. The zero-order valence-corrected chi connectivity index (χ0v) is 12.6. The first-order valence-electron chi connectivity index (χ1n) is 7.49. The van der Waals surface area contributed by atoms with Crippen molar-refractivity contribution < 1.29 is 19.2 Å². The Morgan fingerprint density at radius 3 is 2.70 bits per heavy atom. The van der Waals surface area contributed by atoms with Crippen LogP contribution in [0.1, 0.15) is 11.3 Å². The van der Waals surface area contributed by atoms with E-state index in [0.717, 1.165) is 5.56 Å². The number of aromatic amines is 1. The summed E-state index contributed by atoms with van der Waals surface area (Å²) in [5.74, 6) is -1.24. The number of nitrogens with zero attached hydrogens (tertiary/aromatic N) is 2. The Hall–Kier alpha value is -2.67. The molecule has 2 heterocycles. The highest BCUT2D eigenvalue weighted by Gasteiger charge is 2.49. The summed E-state index contributed by atoms with van der Waals surface area (Å²) in [5, 5.41) is 14.6. The number of aliphatic carboxylic acids is 1. The minimum absolute atomic E-state index is 0.145. The van der Waals surface area contributed by atoms with E-state index in [9.17, 15) is 14.7 Å². The second-order valence-electron chi connectivity index (χ2n) is 5.73. The molecule has 1 fully saturated rings. The van der Waals surface area contributed by atoms with Crippen molar-refractivity contribution in [3.05, 3.63) is 54.1 Å². The molecule has 3 rings (SSSR count). The lowest BCUT2D eigenvalue weighted by atomic mass is 10.1. The van der Waals surface area contributed by atoms with Crippen molar-refractivity contribution in [2.24, 2.45) is 0 Å². The fraction of sp³-hybridized carbons (Fsp3) is 0.312. The Bertz CT molecular complexity index is 687. The van der Waals surface area contributed by atoms with Gasteiger partial charge in [-0.3, -0.25) is 5.32 Å². The summed E-state index contributed by atoms with van der Waals surface area (Å²) in [4.78, 5) is 31.2. The van der Waals surface area contributed by atoms with Crippen LogP contribution in [0.3, 0.4) is 0 Å². The van der Waals surface area contributed by atoms with Gasteiger partial charge in [0.25, 0.3) is 0 Å². The van der Waals surface area contributed by atoms with Crippen LogP contribution in [0, 0.1) is 0 Å². The van der Waals surface area contributed by atoms with Crippen molar-refractivity contribution >= 4 is 12.0 Å². The molecule has 7 nitrogen and oxygen atoms in total. The number of carboxylic acids is 1. The molecule has 1 aromatic carbocycles. The number of hydrogen-bond donors (Lipinski definition) is 2. The van der Waals surface area contributed by atoms with Gasteiger partial charge >= 0.3 is 6.03 Å². The van der Waals surface area contributed by atoms with Crippen LogP contribution in [-0.4, -0.2) is 45.6 Å². The predicted molar refractivity (Wildman–Crippen MR) is 79.8 cm³/mol. The molecule has 0 radical (unpaired) electrons. The van der Waals surface area contributed by atoms with E-state index in [1.807, 2.05) is 30.3 Å². The van der Waals surface area contributed by atoms with Gasteiger partial charge in [-0.25, -0.2) is 14.3 Å². The monoisotopic (exact) mass is 314 g/mol. The molecular formula is C16H18N4O3. The van der Waals surface area contributed by atoms with Crippen molar-refractivity contribution in [3.63, 3.8) is 0 Å². The molecule has 2 aromatic rings. The molecule has 1 saturated heterocycles. The van der Waals surface area contributed by atoms with Crippen LogP contribution >= 0.6 is 0 Å². The SMILES string of the molecule is O=C([O-])[C@H](Cc1c[nH]cn1)[N+]1(Cc2ccccc2)CCNC1=O. The number of hydrogen-bond acceptors (Lipinski definition) is 4. The number of urea groups is 1. The van der Waals surface area contributed by atoms with Crippen LogP contribution in [0.2, 0.25) is 0 Å². The summed E-state index contributed by atoms with van der Waals surface area (Å²) in [6.45, 7) is 1.18. The Balaban J connectivity index is 1.95. The van der Waals surface area contributed by atoms with Crippen LogP contribution in [-0.2, 0) is 17.8 Å². The average Bonchev–Trinajstić information content (AvgIpc) is 3.17. The molecule has 1 aromatic heterocycles. The van der Waals surface area contributed by atoms with Gasteiger partial charge in [0.2, 0.25) is 0 Å². The number of benzene rings is 1. The number of aromatic nitrogens is 2. The van der Waals surface area contributed by atoms with Gasteiger partial charge in [0.05, 0.1) is 18.6 Å². The normalized spacial score (nSPS) is 21.8. The zero-order valence-electron chi connectivity index (χ0n) is 12.6. The second kappa shape index (κ2) is 6.21. The zero-order chi connectivity index (χ0) is 16.3. The molecule has 120 valence electrons. The highest BCUT2D eigenvalue weighted by Crippen LogP contribution is 2.25. The van der Waals surface area contributed by atoms with E-state index in [4.69, 9.17) is 0 Å². The summed E-state index contributed by atoms with van der Waals surface area (Å²) in [6, 6.07) is 8.17. The molecule has 2 amide bonds. The van der Waals surface area contributed by atoms with E-state index in [0.29, 0.717) is 25.3 Å². The van der Waals surface area contributed by atoms with Gasteiger partial charge in [0.1, 0.15) is 25.1 Å². The molecule has 2 atom stereocenters. The number of H-pyrrole nitrogens is 1. The van der Waals surface area contributed by atoms with Gasteiger partial charge in [-0.1, -0.05) is 30.3 Å². The largest absolute Gasteiger partial charge is 0.544 e. The number of amides is 2. The van der Waals surface area contributed by atoms with Gasteiger partial charge in [0.15, 0.2) is 0 Å². The fourth-order valence-electron chi connectivity index (χ4n) is 3.15. The van der Waals surface area contributed by atoms with E-state index in [-0.39, 0.29) is 16.9 Å². The molecule has 0 saturated carbocycles. The number of carboxylic acid groups (broad SMARTS) is 1. The lowest BCUT2D eigenvalue weighted by Crippen LogP contribution is -2.63. The van der Waals surface area contributed by atoms with Crippen molar-refractivity contribution in [1.82, 2.24) is 15.3 Å². The summed E-state index contributed by atoms with van der Waals surface area (Å²) >= 11 is 0. The number of carbonyl (C=O) groups is 2. The Morgan fingerprint density at radius 2 is 2.13 bits per heavy atom. The molecule has 0 aliphatic carbocycles. The molecule has 0 bridgehead atoms. The summed E-state index contributed by atoms with van der Waals surface area (Å²) in [7, 11) is 0. The van der Waals surface area contributed by atoms with Crippen molar-refractivity contribution in [2.75, 3.05) is 13.1 Å². The average molecular weight is 314 g/mol. The first-order chi connectivity index (χ1) is 11.1. The highest BCUT2D eigenvalue weighted by atomic mass is 16.4. The molecule has 1 unspecified atom stereocenters. The van der Waals surface area contributed by atoms with Crippen LogP contribution in [0.25, 0.3) is 0 Å². The van der Waals surface area contributed by atoms with Crippen molar-refractivity contribution in [3.8, 4) is 0 Å². The number of rotatable bonds is 6. The van der Waals surface area contributed by atoms with E-state index in [2.05, 4.69) is 15.3 Å². The third kappa shape index (κ3) is 2.95. The lowest BCUT2D eigenvalue weighted by Gasteiger charge is -2.38. The minimum atomic E-state index is -1.24. The molecular weight excluding hydrogens is 296 g/mol. The second-order valence-corrected chi connectivity index (χ2v) is 5.73. The quantitative estimate of drug-likeness (QED) is 0.722. The minimum Gasteiger partial charge on any atom is -0.544 e. The number of carbonyl (C=O) groups excluding carboxylic acids is 2. The number of nitrogens with one attached hydrogen (secondary N) is 2. The van der Waals surface area contributed by atoms with Crippen molar-refractivity contribution in [2.45, 2.75) is 19.0 Å². The van der Waals surface area contributed by atoms with Crippen LogP contribution in [0.4, 0.5) is 4.79 Å². The highest BCUT2D eigenvalue weighted by molar-refractivity contribution is 5.76. The Labute approximate surface area is 133 Å². The van der Waals surface area contributed by atoms with Crippen LogP contribution in [0.15, 0.2) is 42.9 Å². The maximum Gasteiger partial charge on any atom is 0.417 e. The topological polar surface area (TPSA) is 97.9 Å². The first-order valence-corrected chi connectivity index (χ1v) is 7.49. The molecule has 7 heteroatoms. The van der Waals surface area contributed by atoms with E-state index >= 15 is 0 Å². The van der Waals surface area contributed by atoms with Gasteiger partial charge in [-0.2, -0.15) is 0 Å². The molecule has 0 spiro atoms. The Kier molecular flexibility index (Phi) is 4.12. The van der Waals surface area contributed by atoms with E-state index in [1.165, 1.54) is 6.33 Å². The van der Waals surface area contributed by atoms with Crippen LogP contribution in [0.5, 0.6) is 0 Å². The molecule has 2 N–H and O–H groups in total. The van der Waals surface area contributed by atoms with Gasteiger partial charge in [-0.05, 0) is 0 Å². The van der Waals surface area contributed by atoms with Crippen LogP contribution < -0.4 is 10.4 Å². The van der Waals surface area contributed by atoms with Gasteiger partial charge in [0, 0.05) is 18.2 Å². The van der Waals surface area contributed by atoms with E-state index < -0.39 is 12.0 Å². The third-order valence-electron chi connectivity index (χ3n) is 4.33. The fourth-order valence-corrected chi connectivity index (χ4v) is 3.15. The van der Waals surface area contributed by atoms with Gasteiger partial charge < -0.3 is 14.9 Å². The van der Waals surface area contributed by atoms with Crippen molar-refractivity contribution in [1.29, 1.82) is 0 Å². The summed E-state index contributed by atoms with van der Waals surface area (Å²) in [5.41, 5.74) is 1.52. The third-order valence-corrected chi connectivity index (χ3v) is 4.33. The maximum absolute atomic E-state index is 12.5. The lowest BCUT2D eigenvalue weighted by molar-refractivity contribution is -0.873. The smallest absolute Gasteiger partial charge is 0.417 e. The maximum atomic E-state index is 12.5. The summed E-state index contributed by atoms with van der Waals surface area (Å²) < 4.78 is -0.195.